The smallest absolute Gasteiger partial charge is 0.200 e. The molecule has 1 atom stereocenters. The Bertz CT molecular complexity index is 304. The molecule has 0 aromatic heterocycles. The average molecular weight is 375 g/mol. The van der Waals surface area contributed by atoms with Crippen molar-refractivity contribution in [2.75, 3.05) is 12.3 Å². The van der Waals surface area contributed by atoms with Crippen LogP contribution in [0.4, 0.5) is 0 Å². The molecule has 0 aliphatic rings. The molecular weight excluding hydrogens is 327 g/mol. The molecule has 0 saturated carbocycles. The van der Waals surface area contributed by atoms with E-state index in [-0.39, 0.29) is 0 Å². The van der Waals surface area contributed by atoms with Crippen LogP contribution in [-0.2, 0) is 4.57 Å². The van der Waals surface area contributed by atoms with Crippen molar-refractivity contribution in [1.29, 1.82) is 0 Å². The second-order valence-electron chi connectivity index (χ2n) is 7.95. The minimum Gasteiger partial charge on any atom is -0.344 e. The van der Waals surface area contributed by atoms with Gasteiger partial charge in [0.1, 0.15) is 0 Å². The van der Waals surface area contributed by atoms with Crippen LogP contribution < -0.4 is 0 Å². The van der Waals surface area contributed by atoms with Gasteiger partial charge in [-0.2, -0.15) is 0 Å². The molecule has 152 valence electrons. The molecular formula is C22H47O2P. The molecule has 0 rings (SSSR count). The molecule has 1 N–H and O–H groups in total. The quantitative estimate of drug-likeness (QED) is 0.172. The highest BCUT2D eigenvalue weighted by atomic mass is 31.2. The predicted octanol–water partition coefficient (Wildman–Crippen LogP) is 8.32. The van der Waals surface area contributed by atoms with E-state index in [1.807, 2.05) is 0 Å². The summed E-state index contributed by atoms with van der Waals surface area (Å²) in [7, 11) is -2.83. The minimum absolute atomic E-state index is 0.555. The van der Waals surface area contributed by atoms with Gasteiger partial charge >= 0.3 is 0 Å². The molecule has 0 heterocycles. The highest BCUT2D eigenvalue weighted by Gasteiger charge is 2.16. The highest BCUT2D eigenvalue weighted by molar-refractivity contribution is 7.57. The summed E-state index contributed by atoms with van der Waals surface area (Å²) >= 11 is 0. The Balaban J connectivity index is 3.33. The summed E-state index contributed by atoms with van der Waals surface area (Å²) in [6.07, 6.45) is 23.9. The van der Waals surface area contributed by atoms with Crippen molar-refractivity contribution in [3.05, 3.63) is 0 Å². The SMILES string of the molecule is CCCCCCCCCCCCP(=O)(O)CCCCCCCCCC. The first kappa shape index (κ1) is 25.2. The standard InChI is InChI=1S/C22H47O2P/c1-3-5-7-9-11-13-14-16-18-20-22-25(23,24)21-19-17-15-12-10-8-6-4-2/h3-22H2,1-2H3,(H,23,24). The van der Waals surface area contributed by atoms with Gasteiger partial charge in [0.25, 0.3) is 0 Å². The van der Waals surface area contributed by atoms with Crippen LogP contribution in [0.2, 0.25) is 0 Å². The summed E-state index contributed by atoms with van der Waals surface area (Å²) in [6.45, 7) is 4.50. The second kappa shape index (κ2) is 19.0. The van der Waals surface area contributed by atoms with Crippen LogP contribution in [0.25, 0.3) is 0 Å². The topological polar surface area (TPSA) is 37.3 Å². The summed E-state index contributed by atoms with van der Waals surface area (Å²) in [5.41, 5.74) is 0. The monoisotopic (exact) mass is 374 g/mol. The Hall–Kier alpha value is 0.190. The van der Waals surface area contributed by atoms with E-state index >= 15 is 0 Å². The van der Waals surface area contributed by atoms with Crippen molar-refractivity contribution < 1.29 is 9.46 Å². The fourth-order valence-corrected chi connectivity index (χ4v) is 5.11. The molecule has 0 aromatic rings. The van der Waals surface area contributed by atoms with E-state index in [9.17, 15) is 9.46 Å². The maximum atomic E-state index is 12.2. The number of rotatable bonds is 20. The van der Waals surface area contributed by atoms with E-state index < -0.39 is 7.37 Å². The third kappa shape index (κ3) is 20.4. The lowest BCUT2D eigenvalue weighted by molar-refractivity contribution is 0.469. The van der Waals surface area contributed by atoms with Crippen molar-refractivity contribution in [2.24, 2.45) is 0 Å². The van der Waals surface area contributed by atoms with Crippen molar-refractivity contribution in [3.8, 4) is 0 Å². The lowest BCUT2D eigenvalue weighted by Gasteiger charge is -2.11. The zero-order valence-electron chi connectivity index (χ0n) is 17.4. The molecule has 0 bridgehead atoms. The van der Waals surface area contributed by atoms with Gasteiger partial charge in [-0.05, 0) is 12.8 Å². The summed E-state index contributed by atoms with van der Waals surface area (Å²) in [5, 5.41) is 0. The van der Waals surface area contributed by atoms with Gasteiger partial charge in [-0.15, -0.1) is 0 Å². The number of hydrogen-bond donors (Lipinski definition) is 1. The van der Waals surface area contributed by atoms with E-state index in [1.165, 1.54) is 89.9 Å². The van der Waals surface area contributed by atoms with Crippen molar-refractivity contribution in [3.63, 3.8) is 0 Å². The third-order valence-corrected chi connectivity index (χ3v) is 7.25. The van der Waals surface area contributed by atoms with Gasteiger partial charge in [0.15, 0.2) is 0 Å². The maximum Gasteiger partial charge on any atom is 0.200 e. The van der Waals surface area contributed by atoms with Gasteiger partial charge in [-0.1, -0.05) is 117 Å². The fourth-order valence-electron chi connectivity index (χ4n) is 3.45. The van der Waals surface area contributed by atoms with Gasteiger partial charge < -0.3 is 4.89 Å². The van der Waals surface area contributed by atoms with Crippen LogP contribution in [0.1, 0.15) is 129 Å². The summed E-state index contributed by atoms with van der Waals surface area (Å²) in [4.78, 5) is 10.1. The third-order valence-electron chi connectivity index (χ3n) is 5.22. The Morgan fingerprint density at radius 2 is 0.720 bits per heavy atom. The van der Waals surface area contributed by atoms with E-state index in [2.05, 4.69) is 13.8 Å². The summed E-state index contributed by atoms with van der Waals surface area (Å²) in [6, 6.07) is 0. The van der Waals surface area contributed by atoms with Gasteiger partial charge in [0.05, 0.1) is 0 Å². The summed E-state index contributed by atoms with van der Waals surface area (Å²) < 4.78 is 12.2. The first-order chi connectivity index (χ1) is 12.1. The van der Waals surface area contributed by atoms with Crippen LogP contribution in [0, 0.1) is 0 Å². The van der Waals surface area contributed by atoms with E-state index in [0.29, 0.717) is 12.3 Å². The van der Waals surface area contributed by atoms with Crippen LogP contribution >= 0.6 is 7.37 Å². The molecule has 0 aromatic carbocycles. The van der Waals surface area contributed by atoms with Crippen molar-refractivity contribution >= 4 is 7.37 Å². The average Bonchev–Trinajstić information content (AvgIpc) is 2.59. The Morgan fingerprint density at radius 1 is 0.480 bits per heavy atom. The lowest BCUT2D eigenvalue weighted by Crippen LogP contribution is -1.96. The summed E-state index contributed by atoms with van der Waals surface area (Å²) in [5.74, 6) is 0. The van der Waals surface area contributed by atoms with Gasteiger partial charge in [0.2, 0.25) is 7.37 Å². The Kier molecular flexibility index (Phi) is 19.1. The lowest BCUT2D eigenvalue weighted by atomic mass is 10.1. The van der Waals surface area contributed by atoms with Crippen molar-refractivity contribution in [1.82, 2.24) is 0 Å². The zero-order chi connectivity index (χ0) is 18.6. The number of unbranched alkanes of at least 4 members (excludes halogenated alkanes) is 16. The molecule has 25 heavy (non-hydrogen) atoms. The largest absolute Gasteiger partial charge is 0.344 e. The van der Waals surface area contributed by atoms with Crippen LogP contribution in [0.3, 0.4) is 0 Å². The highest BCUT2D eigenvalue weighted by Crippen LogP contribution is 2.42. The molecule has 2 nitrogen and oxygen atoms in total. The first-order valence-corrected chi connectivity index (χ1v) is 13.5. The second-order valence-corrected chi connectivity index (χ2v) is 10.5. The molecule has 0 fully saturated rings. The predicted molar refractivity (Wildman–Crippen MR) is 114 cm³/mol. The molecule has 0 amide bonds. The Morgan fingerprint density at radius 3 is 1.00 bits per heavy atom. The Labute approximate surface area is 159 Å². The van der Waals surface area contributed by atoms with Crippen LogP contribution in [0.15, 0.2) is 0 Å². The van der Waals surface area contributed by atoms with Gasteiger partial charge in [0, 0.05) is 12.3 Å². The van der Waals surface area contributed by atoms with E-state index in [0.717, 1.165) is 25.7 Å². The number of hydrogen-bond acceptors (Lipinski definition) is 1. The molecule has 0 spiro atoms. The van der Waals surface area contributed by atoms with E-state index in [4.69, 9.17) is 0 Å². The van der Waals surface area contributed by atoms with Gasteiger partial charge in [-0.3, -0.25) is 4.57 Å². The van der Waals surface area contributed by atoms with Gasteiger partial charge in [-0.25, -0.2) is 0 Å². The molecule has 0 saturated heterocycles. The molecule has 3 heteroatoms. The molecule has 1 unspecified atom stereocenters. The molecule has 0 radical (unpaired) electrons. The normalized spacial score (nSPS) is 13.9. The maximum absolute atomic E-state index is 12.2. The van der Waals surface area contributed by atoms with Crippen molar-refractivity contribution in [2.45, 2.75) is 129 Å². The zero-order valence-corrected chi connectivity index (χ0v) is 18.3. The van der Waals surface area contributed by atoms with E-state index in [1.54, 1.807) is 0 Å². The minimum atomic E-state index is -2.83. The molecule has 0 aliphatic carbocycles. The van der Waals surface area contributed by atoms with Crippen LogP contribution in [-0.4, -0.2) is 17.2 Å². The molecule has 0 aliphatic heterocycles. The first-order valence-electron chi connectivity index (χ1n) is 11.4. The van der Waals surface area contributed by atoms with Crippen LogP contribution in [0.5, 0.6) is 0 Å². The fraction of sp³-hybridized carbons (Fsp3) is 1.00.